The lowest BCUT2D eigenvalue weighted by Gasteiger charge is -2.08. The molecular formula is C25H18F3N3O4. The van der Waals surface area contributed by atoms with E-state index in [1.165, 1.54) is 25.0 Å². The van der Waals surface area contributed by atoms with Crippen molar-refractivity contribution >= 4 is 11.9 Å². The van der Waals surface area contributed by atoms with E-state index in [-0.39, 0.29) is 17.0 Å². The molecule has 2 aromatic carbocycles. The Hall–Kier alpha value is -4.47. The van der Waals surface area contributed by atoms with Crippen LogP contribution >= 0.6 is 0 Å². The Morgan fingerprint density at radius 1 is 0.829 bits per heavy atom. The predicted molar refractivity (Wildman–Crippen MR) is 120 cm³/mol. The molecule has 0 radical (unpaired) electrons. The number of hydrogen-bond acceptors (Lipinski definition) is 6. The number of para-hydroxylation sites is 1. The van der Waals surface area contributed by atoms with Crippen LogP contribution in [0.3, 0.4) is 0 Å². The first kappa shape index (κ1) is 23.7. The molecule has 178 valence electrons. The molecule has 0 fully saturated rings. The minimum Gasteiger partial charge on any atom is -0.465 e. The van der Waals surface area contributed by atoms with Crippen LogP contribution in [-0.2, 0) is 15.7 Å². The molecule has 0 saturated heterocycles. The first-order valence-electron chi connectivity index (χ1n) is 10.2. The third-order valence-electron chi connectivity index (χ3n) is 5.20. The maximum absolute atomic E-state index is 12.8. The smallest absolute Gasteiger partial charge is 0.417 e. The van der Waals surface area contributed by atoms with Gasteiger partial charge in [0.1, 0.15) is 11.3 Å². The van der Waals surface area contributed by atoms with Crippen LogP contribution in [0, 0.1) is 0 Å². The maximum Gasteiger partial charge on any atom is 0.417 e. The van der Waals surface area contributed by atoms with Gasteiger partial charge in [-0.2, -0.15) is 18.3 Å². The minimum absolute atomic E-state index is 0.0800. The molecule has 0 bridgehead atoms. The molecule has 0 N–H and O–H groups in total. The number of ether oxygens (including phenoxy) is 2. The molecule has 35 heavy (non-hydrogen) atoms. The summed E-state index contributed by atoms with van der Waals surface area (Å²) in [6.07, 6.45) is -3.71. The van der Waals surface area contributed by atoms with E-state index >= 15 is 0 Å². The first-order valence-corrected chi connectivity index (χ1v) is 10.2. The Morgan fingerprint density at radius 2 is 1.46 bits per heavy atom. The largest absolute Gasteiger partial charge is 0.465 e. The standard InChI is InChI=1S/C25H18F3N3O4/c1-34-23(32)20-21(30-31(22(20)24(33)35-2)18-6-4-3-5-7-18)16-10-8-15(9-11-16)19-13-12-17(14-29-19)25(26,27)28/h3-14H,1-2H3. The van der Waals surface area contributed by atoms with Gasteiger partial charge in [-0.3, -0.25) is 4.98 Å². The summed E-state index contributed by atoms with van der Waals surface area (Å²) in [5.74, 6) is -1.56. The molecule has 0 aliphatic carbocycles. The van der Waals surface area contributed by atoms with Gasteiger partial charge >= 0.3 is 18.1 Å². The highest BCUT2D eigenvalue weighted by Crippen LogP contribution is 2.32. The Morgan fingerprint density at radius 3 is 2.00 bits per heavy atom. The quantitative estimate of drug-likeness (QED) is 0.365. The van der Waals surface area contributed by atoms with E-state index < -0.39 is 23.7 Å². The summed E-state index contributed by atoms with van der Waals surface area (Å²) < 4.78 is 49.6. The predicted octanol–water partition coefficient (Wildman–Crippen LogP) is 5.19. The Labute approximate surface area is 197 Å². The lowest BCUT2D eigenvalue weighted by atomic mass is 10.0. The molecule has 0 aliphatic heterocycles. The van der Waals surface area contributed by atoms with Crippen molar-refractivity contribution in [1.82, 2.24) is 14.8 Å². The van der Waals surface area contributed by atoms with Crippen molar-refractivity contribution in [2.45, 2.75) is 6.18 Å². The van der Waals surface area contributed by atoms with Gasteiger partial charge in [-0.15, -0.1) is 0 Å². The number of methoxy groups -OCH3 is 2. The van der Waals surface area contributed by atoms with Gasteiger partial charge in [0.05, 0.1) is 31.2 Å². The molecule has 7 nitrogen and oxygen atoms in total. The third kappa shape index (κ3) is 4.63. The van der Waals surface area contributed by atoms with E-state index in [9.17, 15) is 22.8 Å². The van der Waals surface area contributed by atoms with Gasteiger partial charge in [-0.05, 0) is 24.3 Å². The summed E-state index contributed by atoms with van der Waals surface area (Å²) in [6, 6.07) is 17.5. The van der Waals surface area contributed by atoms with Crippen LogP contribution in [0.5, 0.6) is 0 Å². The first-order chi connectivity index (χ1) is 16.7. The second kappa shape index (κ2) is 9.41. The number of esters is 2. The number of carbonyl (C=O) groups excluding carboxylic acids is 2. The zero-order valence-corrected chi connectivity index (χ0v) is 18.5. The van der Waals surface area contributed by atoms with Crippen molar-refractivity contribution in [3.8, 4) is 28.2 Å². The molecule has 0 aliphatic rings. The molecule has 0 saturated carbocycles. The minimum atomic E-state index is -4.48. The summed E-state index contributed by atoms with van der Waals surface area (Å²) in [5.41, 5.74) is 1.03. The number of benzene rings is 2. The Bertz CT molecular complexity index is 1360. The Balaban J connectivity index is 1.81. The zero-order chi connectivity index (χ0) is 25.2. The van der Waals surface area contributed by atoms with Crippen molar-refractivity contribution in [2.75, 3.05) is 14.2 Å². The average Bonchev–Trinajstić information content (AvgIpc) is 3.28. The van der Waals surface area contributed by atoms with Crippen LogP contribution in [0.15, 0.2) is 72.9 Å². The summed E-state index contributed by atoms with van der Waals surface area (Å²) in [5, 5.41) is 4.50. The number of pyridine rings is 1. The van der Waals surface area contributed by atoms with Crippen LogP contribution in [-0.4, -0.2) is 40.9 Å². The monoisotopic (exact) mass is 481 g/mol. The molecule has 4 rings (SSSR count). The van der Waals surface area contributed by atoms with Gasteiger partial charge in [0, 0.05) is 17.3 Å². The maximum atomic E-state index is 12.8. The number of aromatic nitrogens is 3. The van der Waals surface area contributed by atoms with Crippen molar-refractivity contribution < 1.29 is 32.2 Å². The normalized spacial score (nSPS) is 11.2. The second-order valence-electron chi connectivity index (χ2n) is 7.31. The van der Waals surface area contributed by atoms with Gasteiger partial charge < -0.3 is 9.47 Å². The van der Waals surface area contributed by atoms with Crippen LogP contribution in [0.4, 0.5) is 13.2 Å². The SMILES string of the molecule is COC(=O)c1c(-c2ccc(-c3ccc(C(F)(F)F)cn3)cc2)nn(-c2ccccc2)c1C(=O)OC. The number of nitrogens with zero attached hydrogens (tertiary/aromatic N) is 3. The molecule has 2 aromatic heterocycles. The van der Waals surface area contributed by atoms with Crippen molar-refractivity contribution in [2.24, 2.45) is 0 Å². The summed E-state index contributed by atoms with van der Waals surface area (Å²) in [4.78, 5) is 29.3. The van der Waals surface area contributed by atoms with Gasteiger partial charge in [-0.1, -0.05) is 42.5 Å². The van der Waals surface area contributed by atoms with Crippen LogP contribution in [0.25, 0.3) is 28.2 Å². The molecule has 10 heteroatoms. The lowest BCUT2D eigenvalue weighted by Crippen LogP contribution is -2.15. The molecule has 4 aromatic rings. The van der Waals surface area contributed by atoms with Gasteiger partial charge in [-0.25, -0.2) is 14.3 Å². The number of alkyl halides is 3. The highest BCUT2D eigenvalue weighted by atomic mass is 19.4. The second-order valence-corrected chi connectivity index (χ2v) is 7.31. The fraction of sp³-hybridized carbons (Fsp3) is 0.120. The van der Waals surface area contributed by atoms with Gasteiger partial charge in [0.15, 0.2) is 5.69 Å². The molecule has 0 atom stereocenters. The van der Waals surface area contributed by atoms with Crippen LogP contribution in [0.2, 0.25) is 0 Å². The molecule has 0 amide bonds. The topological polar surface area (TPSA) is 83.3 Å². The molecule has 2 heterocycles. The van der Waals surface area contributed by atoms with Crippen LogP contribution < -0.4 is 0 Å². The van der Waals surface area contributed by atoms with Gasteiger partial charge in [0.2, 0.25) is 0 Å². The summed E-state index contributed by atoms with van der Waals surface area (Å²) >= 11 is 0. The highest BCUT2D eigenvalue weighted by Gasteiger charge is 2.32. The number of carbonyl (C=O) groups is 2. The van der Waals surface area contributed by atoms with E-state index in [1.54, 1.807) is 54.6 Å². The van der Waals surface area contributed by atoms with E-state index in [0.29, 0.717) is 22.5 Å². The summed E-state index contributed by atoms with van der Waals surface area (Å²) in [7, 11) is 2.38. The number of hydrogen-bond donors (Lipinski definition) is 0. The third-order valence-corrected chi connectivity index (χ3v) is 5.20. The average molecular weight is 481 g/mol. The molecular weight excluding hydrogens is 463 g/mol. The van der Waals surface area contributed by atoms with E-state index in [4.69, 9.17) is 9.47 Å². The highest BCUT2D eigenvalue weighted by molar-refractivity contribution is 6.06. The van der Waals surface area contributed by atoms with E-state index in [0.717, 1.165) is 12.3 Å². The fourth-order valence-corrected chi connectivity index (χ4v) is 3.49. The number of rotatable bonds is 5. The summed E-state index contributed by atoms with van der Waals surface area (Å²) in [6.45, 7) is 0. The van der Waals surface area contributed by atoms with Crippen molar-refractivity contribution in [3.05, 3.63) is 89.7 Å². The Kier molecular flexibility index (Phi) is 6.37. The van der Waals surface area contributed by atoms with E-state index in [1.807, 2.05) is 0 Å². The zero-order valence-electron chi connectivity index (χ0n) is 18.5. The number of halogens is 3. The van der Waals surface area contributed by atoms with Crippen LogP contribution in [0.1, 0.15) is 26.4 Å². The van der Waals surface area contributed by atoms with Crippen molar-refractivity contribution in [3.63, 3.8) is 0 Å². The van der Waals surface area contributed by atoms with E-state index in [2.05, 4.69) is 10.1 Å². The lowest BCUT2D eigenvalue weighted by molar-refractivity contribution is -0.137. The van der Waals surface area contributed by atoms with Gasteiger partial charge in [0.25, 0.3) is 0 Å². The van der Waals surface area contributed by atoms with Crippen molar-refractivity contribution in [1.29, 1.82) is 0 Å². The molecule has 0 spiro atoms. The fourth-order valence-electron chi connectivity index (χ4n) is 3.49. The molecule has 0 unspecified atom stereocenters.